The molecule has 3 rings (SSSR count). The highest BCUT2D eigenvalue weighted by molar-refractivity contribution is 14.1. The van der Waals surface area contributed by atoms with Crippen LogP contribution < -0.4 is 9.47 Å². The maximum Gasteiger partial charge on any atom is 0.363 e. The highest BCUT2D eigenvalue weighted by Crippen LogP contribution is 2.35. The Labute approximate surface area is 189 Å². The Morgan fingerprint density at radius 2 is 1.83 bits per heavy atom. The van der Waals surface area contributed by atoms with Crippen LogP contribution in [0.2, 0.25) is 0 Å². The number of ether oxygens (including phenoxy) is 3. The van der Waals surface area contributed by atoms with Gasteiger partial charge in [0.15, 0.2) is 17.2 Å². The summed E-state index contributed by atoms with van der Waals surface area (Å²) in [6, 6.07) is 11.3. The molecule has 1 aliphatic heterocycles. The predicted molar refractivity (Wildman–Crippen MR) is 123 cm³/mol. The molecular weight excluding hydrogens is 497 g/mol. The van der Waals surface area contributed by atoms with Gasteiger partial charge in [-0.2, -0.15) is 0 Å². The average Bonchev–Trinajstić information content (AvgIpc) is 3.03. The van der Waals surface area contributed by atoms with E-state index in [0.29, 0.717) is 20.6 Å². The Hall–Kier alpha value is -2.68. The van der Waals surface area contributed by atoms with Crippen molar-refractivity contribution in [2.75, 3.05) is 7.11 Å². The largest absolute Gasteiger partial charge is 0.493 e. The molecule has 0 aromatic heterocycles. The number of cyclic esters (lactones) is 1. The van der Waals surface area contributed by atoms with Crippen molar-refractivity contribution in [3.05, 3.63) is 62.4 Å². The van der Waals surface area contributed by atoms with E-state index < -0.39 is 11.9 Å². The van der Waals surface area contributed by atoms with Gasteiger partial charge in [0.1, 0.15) is 0 Å². The number of benzene rings is 2. The van der Waals surface area contributed by atoms with Crippen LogP contribution in [0.15, 0.2) is 47.1 Å². The molecule has 2 aromatic rings. The number of nitrogens with zero attached hydrogens (tertiary/aromatic N) is 1. The minimum atomic E-state index is -0.525. The number of aliphatic imine (C=N–C) groups is 1. The van der Waals surface area contributed by atoms with Crippen LogP contribution >= 0.6 is 22.6 Å². The van der Waals surface area contributed by atoms with Crippen LogP contribution in [0, 0.1) is 3.57 Å². The molecule has 1 heterocycles. The van der Waals surface area contributed by atoms with Gasteiger partial charge in [-0.3, -0.25) is 4.79 Å². The van der Waals surface area contributed by atoms with E-state index in [-0.39, 0.29) is 17.0 Å². The van der Waals surface area contributed by atoms with E-state index in [9.17, 15) is 9.59 Å². The van der Waals surface area contributed by atoms with Crippen LogP contribution in [0.3, 0.4) is 0 Å². The monoisotopic (exact) mass is 519 g/mol. The van der Waals surface area contributed by atoms with Gasteiger partial charge in [-0.05, 0) is 69.5 Å². The lowest BCUT2D eigenvalue weighted by Gasteiger charge is -2.18. The number of halogens is 1. The van der Waals surface area contributed by atoms with E-state index in [1.807, 2.05) is 46.9 Å². The third-order valence-electron chi connectivity index (χ3n) is 4.42. The van der Waals surface area contributed by atoms with Crippen molar-refractivity contribution < 1.29 is 23.8 Å². The summed E-state index contributed by atoms with van der Waals surface area (Å²) in [5.41, 5.74) is 2.81. The van der Waals surface area contributed by atoms with Crippen molar-refractivity contribution in [1.29, 1.82) is 0 Å². The highest BCUT2D eigenvalue weighted by Gasteiger charge is 2.25. The molecular formula is C23H22INO5. The maximum atomic E-state index is 12.3. The van der Waals surface area contributed by atoms with Gasteiger partial charge >= 0.3 is 11.9 Å². The fourth-order valence-corrected chi connectivity index (χ4v) is 3.60. The number of hydrogen-bond acceptors (Lipinski definition) is 6. The van der Waals surface area contributed by atoms with Crippen LogP contribution in [0.1, 0.15) is 44.4 Å². The topological polar surface area (TPSA) is 74.2 Å². The van der Waals surface area contributed by atoms with Crippen LogP contribution in [0.4, 0.5) is 0 Å². The molecule has 0 saturated carbocycles. The first kappa shape index (κ1) is 22.0. The fraction of sp³-hybridized carbons (Fsp3) is 0.261. The second kappa shape index (κ2) is 8.59. The van der Waals surface area contributed by atoms with Crippen molar-refractivity contribution in [3.8, 4) is 11.5 Å². The van der Waals surface area contributed by atoms with Crippen molar-refractivity contribution in [2.24, 2.45) is 4.99 Å². The first-order valence-corrected chi connectivity index (χ1v) is 10.4. The van der Waals surface area contributed by atoms with E-state index in [4.69, 9.17) is 14.2 Å². The third kappa shape index (κ3) is 4.89. The number of methoxy groups -OCH3 is 1. The van der Waals surface area contributed by atoms with Gasteiger partial charge < -0.3 is 14.2 Å². The quantitative estimate of drug-likeness (QED) is 0.250. The summed E-state index contributed by atoms with van der Waals surface area (Å²) in [4.78, 5) is 28.0. The van der Waals surface area contributed by atoms with Gasteiger partial charge in [0.05, 0.1) is 10.7 Å². The average molecular weight is 519 g/mol. The molecule has 0 fully saturated rings. The van der Waals surface area contributed by atoms with Gasteiger partial charge in [-0.25, -0.2) is 9.79 Å². The van der Waals surface area contributed by atoms with E-state index >= 15 is 0 Å². The number of hydrogen-bond donors (Lipinski definition) is 0. The first-order valence-electron chi connectivity index (χ1n) is 9.28. The number of carbonyl (C=O) groups is 2. The van der Waals surface area contributed by atoms with Gasteiger partial charge in [-0.1, -0.05) is 32.9 Å². The summed E-state index contributed by atoms with van der Waals surface area (Å²) in [5, 5.41) is 0. The Kier molecular flexibility index (Phi) is 6.30. The zero-order valence-electron chi connectivity index (χ0n) is 17.4. The molecule has 6 nitrogen and oxygen atoms in total. The van der Waals surface area contributed by atoms with Crippen molar-refractivity contribution in [1.82, 2.24) is 0 Å². The van der Waals surface area contributed by atoms with E-state index in [1.54, 1.807) is 18.2 Å². The second-order valence-corrected chi connectivity index (χ2v) is 8.95. The van der Waals surface area contributed by atoms with Gasteiger partial charge in [0, 0.05) is 12.5 Å². The molecule has 30 heavy (non-hydrogen) atoms. The zero-order valence-corrected chi connectivity index (χ0v) is 19.6. The number of esters is 2. The van der Waals surface area contributed by atoms with Crippen LogP contribution in [-0.4, -0.2) is 24.9 Å². The Morgan fingerprint density at radius 3 is 2.40 bits per heavy atom. The molecule has 0 unspecified atom stereocenters. The van der Waals surface area contributed by atoms with Gasteiger partial charge in [0.25, 0.3) is 0 Å². The van der Waals surface area contributed by atoms with Crippen LogP contribution in [-0.2, 0) is 19.7 Å². The first-order chi connectivity index (χ1) is 14.1. The van der Waals surface area contributed by atoms with Crippen LogP contribution in [0.5, 0.6) is 11.5 Å². The van der Waals surface area contributed by atoms with Crippen molar-refractivity contribution in [3.63, 3.8) is 0 Å². The van der Waals surface area contributed by atoms with E-state index in [0.717, 1.165) is 5.56 Å². The maximum absolute atomic E-state index is 12.3. The van der Waals surface area contributed by atoms with Crippen LogP contribution in [0.25, 0.3) is 6.08 Å². The summed E-state index contributed by atoms with van der Waals surface area (Å²) in [5.74, 6) is 0.0263. The van der Waals surface area contributed by atoms with Gasteiger partial charge in [0.2, 0.25) is 5.90 Å². The summed E-state index contributed by atoms with van der Waals surface area (Å²) < 4.78 is 16.6. The normalized spacial score (nSPS) is 15.1. The molecule has 1 aliphatic rings. The number of rotatable bonds is 4. The minimum absolute atomic E-state index is 0.0339. The molecule has 156 valence electrons. The standard InChI is InChI=1S/C23H22INO5/c1-13(26)29-20-17(24)10-14(12-19(20)28-5)11-18-22(27)30-21(25-18)15-6-8-16(9-7-15)23(2,3)4/h6-12H,1-5H3/b18-11+. The molecule has 0 bridgehead atoms. The lowest BCUT2D eigenvalue weighted by molar-refractivity contribution is -0.132. The second-order valence-electron chi connectivity index (χ2n) is 7.79. The summed E-state index contributed by atoms with van der Waals surface area (Å²) in [6.45, 7) is 7.74. The summed E-state index contributed by atoms with van der Waals surface area (Å²) >= 11 is 2.04. The SMILES string of the molecule is COc1cc(/C=C2/N=C(c3ccc(C(C)(C)C)cc3)OC2=O)cc(I)c1OC(C)=O. The summed E-state index contributed by atoms with van der Waals surface area (Å²) in [7, 11) is 1.48. The Balaban J connectivity index is 1.92. The lowest BCUT2D eigenvalue weighted by atomic mass is 9.87. The van der Waals surface area contributed by atoms with Crippen molar-refractivity contribution >= 4 is 46.5 Å². The summed E-state index contributed by atoms with van der Waals surface area (Å²) in [6.07, 6.45) is 1.61. The Morgan fingerprint density at radius 1 is 1.17 bits per heavy atom. The molecule has 0 radical (unpaired) electrons. The molecule has 2 aromatic carbocycles. The highest BCUT2D eigenvalue weighted by atomic mass is 127. The molecule has 0 amide bonds. The van der Waals surface area contributed by atoms with E-state index in [1.165, 1.54) is 19.6 Å². The molecule has 0 atom stereocenters. The van der Waals surface area contributed by atoms with E-state index in [2.05, 4.69) is 25.8 Å². The zero-order chi connectivity index (χ0) is 22.1. The number of carbonyl (C=O) groups excluding carboxylic acids is 2. The molecule has 7 heteroatoms. The predicted octanol–water partition coefficient (Wildman–Crippen LogP) is 4.87. The molecule has 0 spiro atoms. The smallest absolute Gasteiger partial charge is 0.363 e. The molecule has 0 aliphatic carbocycles. The third-order valence-corrected chi connectivity index (χ3v) is 5.22. The minimum Gasteiger partial charge on any atom is -0.493 e. The fourth-order valence-electron chi connectivity index (χ4n) is 2.87. The lowest BCUT2D eigenvalue weighted by Crippen LogP contribution is -2.11. The van der Waals surface area contributed by atoms with Crippen molar-refractivity contribution in [2.45, 2.75) is 33.1 Å². The molecule has 0 N–H and O–H groups in total. The molecule has 0 saturated heterocycles. The van der Waals surface area contributed by atoms with Gasteiger partial charge in [-0.15, -0.1) is 0 Å². The Bertz CT molecular complexity index is 1060.